The Labute approximate surface area is 129 Å². The largest absolute Gasteiger partial charge is 0.393 e. The maximum atomic E-state index is 12.3. The molecule has 21 heavy (non-hydrogen) atoms. The third kappa shape index (κ3) is 3.99. The lowest BCUT2D eigenvalue weighted by Gasteiger charge is -2.37. The summed E-state index contributed by atoms with van der Waals surface area (Å²) < 4.78 is 23.9. The van der Waals surface area contributed by atoms with E-state index in [1.807, 2.05) is 0 Å². The van der Waals surface area contributed by atoms with Crippen LogP contribution in [-0.2, 0) is 9.84 Å². The van der Waals surface area contributed by atoms with Crippen LogP contribution < -0.4 is 0 Å². The van der Waals surface area contributed by atoms with Crippen molar-refractivity contribution in [2.24, 2.45) is 5.92 Å². The van der Waals surface area contributed by atoms with Crippen LogP contribution in [0.3, 0.4) is 0 Å². The van der Waals surface area contributed by atoms with E-state index >= 15 is 0 Å². The van der Waals surface area contributed by atoms with Crippen molar-refractivity contribution in [2.75, 3.05) is 18.8 Å². The van der Waals surface area contributed by atoms with Crippen molar-refractivity contribution in [2.45, 2.75) is 76.2 Å². The van der Waals surface area contributed by atoms with Crippen LogP contribution in [0.5, 0.6) is 0 Å². The van der Waals surface area contributed by atoms with E-state index in [1.165, 1.54) is 6.42 Å². The lowest BCUT2D eigenvalue weighted by molar-refractivity contribution is 0.0237. The summed E-state index contributed by atoms with van der Waals surface area (Å²) in [4.78, 5) is 2.32. The molecule has 1 aliphatic carbocycles. The summed E-state index contributed by atoms with van der Waals surface area (Å²) in [6.45, 7) is 6.92. The second-order valence-electron chi connectivity index (χ2n) is 7.69. The molecule has 0 spiro atoms. The third-order valence-corrected chi connectivity index (χ3v) is 7.86. The molecular weight excluding hydrogens is 286 g/mol. The Morgan fingerprint density at radius 2 is 1.76 bits per heavy atom. The van der Waals surface area contributed by atoms with Crippen LogP contribution >= 0.6 is 0 Å². The number of nitrogens with zero attached hydrogens (tertiary/aromatic N) is 1. The van der Waals surface area contributed by atoms with Crippen molar-refractivity contribution in [1.82, 2.24) is 4.90 Å². The molecule has 4 nitrogen and oxygen atoms in total. The van der Waals surface area contributed by atoms with Gasteiger partial charge in [0.05, 0.1) is 16.6 Å². The van der Waals surface area contributed by atoms with Crippen LogP contribution in [0.25, 0.3) is 0 Å². The average molecular weight is 317 g/mol. The van der Waals surface area contributed by atoms with Gasteiger partial charge < -0.3 is 5.11 Å². The molecular formula is C16H31NO3S. The summed E-state index contributed by atoms with van der Waals surface area (Å²) in [6, 6.07) is 0.385. The standard InChI is InChI=1S/C16H31NO3S/c1-16(2,3)21(19,20)12-11-17-10-6-8-14(17)13-7-4-5-9-15(13)18/h13-15,18H,4-12H2,1-3H3. The fourth-order valence-corrected chi connectivity index (χ4v) is 4.83. The number of hydrogen-bond donors (Lipinski definition) is 1. The molecule has 2 aliphatic rings. The number of rotatable bonds is 4. The second-order valence-corrected chi connectivity index (χ2v) is 10.6. The number of aliphatic hydroxyl groups is 1. The monoisotopic (exact) mass is 317 g/mol. The van der Waals surface area contributed by atoms with Crippen LogP contribution in [0.1, 0.15) is 59.3 Å². The molecule has 3 unspecified atom stereocenters. The Hall–Kier alpha value is -0.130. The Bertz CT molecular complexity index is 441. The van der Waals surface area contributed by atoms with Crippen molar-refractivity contribution in [3.05, 3.63) is 0 Å². The summed E-state index contributed by atoms with van der Waals surface area (Å²) in [6.07, 6.45) is 6.38. The van der Waals surface area contributed by atoms with E-state index in [0.29, 0.717) is 18.5 Å². The van der Waals surface area contributed by atoms with Gasteiger partial charge in [-0.1, -0.05) is 12.8 Å². The van der Waals surface area contributed by atoms with Gasteiger partial charge in [0.15, 0.2) is 9.84 Å². The first kappa shape index (κ1) is 17.2. The highest BCUT2D eigenvalue weighted by Gasteiger charge is 2.38. The van der Waals surface area contributed by atoms with E-state index in [4.69, 9.17) is 0 Å². The van der Waals surface area contributed by atoms with E-state index in [-0.39, 0.29) is 11.9 Å². The minimum absolute atomic E-state index is 0.191. The second kappa shape index (κ2) is 6.55. The van der Waals surface area contributed by atoms with Crippen molar-refractivity contribution in [1.29, 1.82) is 0 Å². The number of hydrogen-bond acceptors (Lipinski definition) is 4. The minimum Gasteiger partial charge on any atom is -0.393 e. The van der Waals surface area contributed by atoms with Gasteiger partial charge in [0.2, 0.25) is 0 Å². The first-order valence-electron chi connectivity index (χ1n) is 8.37. The van der Waals surface area contributed by atoms with Gasteiger partial charge in [-0.15, -0.1) is 0 Å². The van der Waals surface area contributed by atoms with Crippen LogP contribution in [0.2, 0.25) is 0 Å². The van der Waals surface area contributed by atoms with E-state index in [0.717, 1.165) is 38.6 Å². The Morgan fingerprint density at radius 1 is 1.10 bits per heavy atom. The maximum absolute atomic E-state index is 12.3. The molecule has 124 valence electrons. The normalized spacial score (nSPS) is 32.5. The van der Waals surface area contributed by atoms with Gasteiger partial charge in [-0.2, -0.15) is 0 Å². The van der Waals surface area contributed by atoms with Crippen molar-refractivity contribution < 1.29 is 13.5 Å². The van der Waals surface area contributed by atoms with E-state index in [9.17, 15) is 13.5 Å². The van der Waals surface area contributed by atoms with Crippen molar-refractivity contribution in [3.8, 4) is 0 Å². The van der Waals surface area contributed by atoms with Gasteiger partial charge >= 0.3 is 0 Å². The SMILES string of the molecule is CC(C)(C)S(=O)(=O)CCN1CCCC1C1CCCCC1O. The predicted octanol–water partition coefficient (Wildman–Crippen LogP) is 2.22. The Kier molecular flexibility index (Phi) is 5.37. The summed E-state index contributed by atoms with van der Waals surface area (Å²) in [5.74, 6) is 0.578. The molecule has 0 aromatic carbocycles. The quantitative estimate of drug-likeness (QED) is 0.864. The number of aliphatic hydroxyl groups excluding tert-OH is 1. The van der Waals surface area contributed by atoms with Crippen LogP contribution in [0.15, 0.2) is 0 Å². The highest BCUT2D eigenvalue weighted by molar-refractivity contribution is 7.92. The van der Waals surface area contributed by atoms with Crippen LogP contribution in [-0.4, -0.2) is 54.2 Å². The fourth-order valence-electron chi connectivity index (χ4n) is 3.75. The molecule has 0 aromatic rings. The van der Waals surface area contributed by atoms with Gasteiger partial charge in [0.1, 0.15) is 0 Å². The van der Waals surface area contributed by atoms with Crippen LogP contribution in [0.4, 0.5) is 0 Å². The predicted molar refractivity (Wildman–Crippen MR) is 86.1 cm³/mol. The van der Waals surface area contributed by atoms with Gasteiger partial charge in [-0.05, 0) is 53.0 Å². The zero-order valence-electron chi connectivity index (χ0n) is 13.7. The molecule has 1 saturated heterocycles. The van der Waals surface area contributed by atoms with E-state index < -0.39 is 14.6 Å². The molecule has 0 radical (unpaired) electrons. The van der Waals surface area contributed by atoms with Gasteiger partial charge in [-0.25, -0.2) is 8.42 Å². The van der Waals surface area contributed by atoms with Gasteiger partial charge in [-0.3, -0.25) is 4.90 Å². The Balaban J connectivity index is 1.96. The molecule has 3 atom stereocenters. The van der Waals surface area contributed by atoms with Gasteiger partial charge in [0, 0.05) is 18.5 Å². The summed E-state index contributed by atoms with van der Waals surface area (Å²) in [5.41, 5.74) is 0. The fraction of sp³-hybridized carbons (Fsp3) is 1.00. The zero-order chi connectivity index (χ0) is 15.7. The lowest BCUT2D eigenvalue weighted by atomic mass is 9.80. The van der Waals surface area contributed by atoms with Crippen LogP contribution in [0, 0.1) is 5.92 Å². The molecule has 5 heteroatoms. The third-order valence-electron chi connectivity index (χ3n) is 5.27. The van der Waals surface area contributed by atoms with Gasteiger partial charge in [0.25, 0.3) is 0 Å². The minimum atomic E-state index is -3.06. The lowest BCUT2D eigenvalue weighted by Crippen LogP contribution is -2.45. The molecule has 2 fully saturated rings. The molecule has 1 N–H and O–H groups in total. The zero-order valence-corrected chi connectivity index (χ0v) is 14.5. The molecule has 0 aromatic heterocycles. The summed E-state index contributed by atoms with van der Waals surface area (Å²) in [7, 11) is -3.06. The molecule has 0 bridgehead atoms. The van der Waals surface area contributed by atoms with Crippen molar-refractivity contribution in [3.63, 3.8) is 0 Å². The summed E-state index contributed by atoms with van der Waals surface area (Å²) >= 11 is 0. The first-order valence-corrected chi connectivity index (χ1v) is 10.0. The number of sulfone groups is 1. The first-order chi connectivity index (χ1) is 9.72. The molecule has 1 heterocycles. The smallest absolute Gasteiger partial charge is 0.156 e. The van der Waals surface area contributed by atoms with Crippen molar-refractivity contribution >= 4 is 9.84 Å². The summed E-state index contributed by atoms with van der Waals surface area (Å²) in [5, 5.41) is 10.3. The highest BCUT2D eigenvalue weighted by Crippen LogP contribution is 2.34. The highest BCUT2D eigenvalue weighted by atomic mass is 32.2. The molecule has 2 rings (SSSR count). The Morgan fingerprint density at radius 3 is 2.38 bits per heavy atom. The van der Waals surface area contributed by atoms with E-state index in [1.54, 1.807) is 20.8 Å². The van der Waals surface area contributed by atoms with E-state index in [2.05, 4.69) is 4.90 Å². The molecule has 1 aliphatic heterocycles. The maximum Gasteiger partial charge on any atom is 0.156 e. The molecule has 1 saturated carbocycles. The average Bonchev–Trinajstić information content (AvgIpc) is 2.84. The topological polar surface area (TPSA) is 57.6 Å². The molecule has 0 amide bonds. The number of likely N-dealkylation sites (tertiary alicyclic amines) is 1.